The van der Waals surface area contributed by atoms with E-state index in [2.05, 4.69) is 16.6 Å². The highest BCUT2D eigenvalue weighted by molar-refractivity contribution is 6.39. The molecule has 3 nitrogen and oxygen atoms in total. The third kappa shape index (κ3) is 5.12. The first-order chi connectivity index (χ1) is 9.08. The molecule has 1 unspecified atom stereocenters. The van der Waals surface area contributed by atoms with Crippen LogP contribution in [0.3, 0.4) is 0 Å². The molecule has 0 radical (unpaired) electrons. The van der Waals surface area contributed by atoms with Crippen LogP contribution in [0.15, 0.2) is 18.2 Å². The van der Waals surface area contributed by atoms with E-state index in [1.807, 2.05) is 6.92 Å². The summed E-state index contributed by atoms with van der Waals surface area (Å²) < 4.78 is 0. The lowest BCUT2D eigenvalue weighted by molar-refractivity contribution is -0.115. The van der Waals surface area contributed by atoms with Crippen molar-refractivity contribution in [1.29, 1.82) is 0 Å². The average molecular weight is 299 g/mol. The Labute approximate surface area is 123 Å². The lowest BCUT2D eigenvalue weighted by atomic mass is 10.1. The standard InChI is InChI=1S/C14H16Cl2N2O/c1-3-6-10(4-2)17-9-13(19)18-14-11(15)7-5-8-12(14)16/h1,5,7-8,10,17H,4,6,9H2,2H3,(H,18,19). The number of benzene rings is 1. The van der Waals surface area contributed by atoms with Crippen LogP contribution in [-0.4, -0.2) is 18.5 Å². The molecule has 0 aromatic heterocycles. The number of hydrogen-bond acceptors (Lipinski definition) is 2. The SMILES string of the molecule is C#CCC(CC)NCC(=O)Nc1c(Cl)cccc1Cl. The second-order valence-corrected chi connectivity index (χ2v) is 4.85. The Morgan fingerprint density at radius 3 is 2.58 bits per heavy atom. The minimum atomic E-state index is -0.203. The molecular formula is C14H16Cl2N2O. The summed E-state index contributed by atoms with van der Waals surface area (Å²) in [6.07, 6.45) is 6.71. The molecule has 1 aromatic carbocycles. The summed E-state index contributed by atoms with van der Waals surface area (Å²) in [5, 5.41) is 6.60. The van der Waals surface area contributed by atoms with Crippen molar-refractivity contribution in [3.05, 3.63) is 28.2 Å². The van der Waals surface area contributed by atoms with E-state index in [0.29, 0.717) is 22.2 Å². The van der Waals surface area contributed by atoms with E-state index in [1.165, 1.54) is 0 Å². The van der Waals surface area contributed by atoms with Crippen molar-refractivity contribution in [2.24, 2.45) is 0 Å². The van der Waals surface area contributed by atoms with E-state index in [0.717, 1.165) is 6.42 Å². The fourth-order valence-electron chi connectivity index (χ4n) is 1.54. The molecule has 5 heteroatoms. The molecule has 1 rings (SSSR count). The normalized spacial score (nSPS) is 11.7. The number of halogens is 2. The zero-order valence-corrected chi connectivity index (χ0v) is 12.2. The minimum Gasteiger partial charge on any atom is -0.322 e. The number of terminal acetylenes is 1. The first-order valence-electron chi connectivity index (χ1n) is 5.99. The van der Waals surface area contributed by atoms with Crippen molar-refractivity contribution < 1.29 is 4.79 Å². The summed E-state index contributed by atoms with van der Waals surface area (Å²) in [5.41, 5.74) is 0.433. The van der Waals surface area contributed by atoms with E-state index in [-0.39, 0.29) is 18.5 Å². The van der Waals surface area contributed by atoms with Gasteiger partial charge in [-0.1, -0.05) is 36.2 Å². The maximum Gasteiger partial charge on any atom is 0.238 e. The van der Waals surface area contributed by atoms with Gasteiger partial charge in [-0.05, 0) is 18.6 Å². The summed E-state index contributed by atoms with van der Waals surface area (Å²) in [6, 6.07) is 5.20. The van der Waals surface area contributed by atoms with Crippen LogP contribution in [0.4, 0.5) is 5.69 Å². The van der Waals surface area contributed by atoms with Crippen molar-refractivity contribution in [3.8, 4) is 12.3 Å². The largest absolute Gasteiger partial charge is 0.322 e. The lowest BCUT2D eigenvalue weighted by Gasteiger charge is -2.14. The molecule has 2 N–H and O–H groups in total. The summed E-state index contributed by atoms with van der Waals surface area (Å²) in [7, 11) is 0. The summed E-state index contributed by atoms with van der Waals surface area (Å²) >= 11 is 11.9. The zero-order chi connectivity index (χ0) is 14.3. The molecular weight excluding hydrogens is 283 g/mol. The molecule has 1 atom stereocenters. The third-order valence-electron chi connectivity index (χ3n) is 2.64. The quantitative estimate of drug-likeness (QED) is 0.791. The van der Waals surface area contributed by atoms with Crippen molar-refractivity contribution in [2.45, 2.75) is 25.8 Å². The van der Waals surface area contributed by atoms with E-state index < -0.39 is 0 Å². The van der Waals surface area contributed by atoms with Gasteiger partial charge in [-0.3, -0.25) is 4.79 Å². The van der Waals surface area contributed by atoms with Gasteiger partial charge in [0.05, 0.1) is 22.3 Å². The molecule has 0 spiro atoms. The Balaban J connectivity index is 2.54. The molecule has 0 saturated heterocycles. The Morgan fingerprint density at radius 1 is 1.42 bits per heavy atom. The van der Waals surface area contributed by atoms with Crippen LogP contribution >= 0.6 is 23.2 Å². The second-order valence-electron chi connectivity index (χ2n) is 4.04. The van der Waals surface area contributed by atoms with Crippen LogP contribution in [0.2, 0.25) is 10.0 Å². The Hall–Kier alpha value is -1.21. The molecule has 102 valence electrons. The molecule has 1 amide bonds. The van der Waals surface area contributed by atoms with Crippen LogP contribution in [0.25, 0.3) is 0 Å². The summed E-state index contributed by atoms with van der Waals surface area (Å²) in [4.78, 5) is 11.8. The smallest absolute Gasteiger partial charge is 0.238 e. The van der Waals surface area contributed by atoms with Gasteiger partial charge in [0.15, 0.2) is 0 Å². The molecule has 0 saturated carbocycles. The highest BCUT2D eigenvalue weighted by Crippen LogP contribution is 2.29. The number of carbonyl (C=O) groups is 1. The summed E-state index contributed by atoms with van der Waals surface area (Å²) in [5.74, 6) is 2.37. The molecule has 0 fully saturated rings. The highest BCUT2D eigenvalue weighted by Gasteiger charge is 2.11. The number of carbonyl (C=O) groups excluding carboxylic acids is 1. The van der Waals surface area contributed by atoms with Gasteiger partial charge in [0.1, 0.15) is 0 Å². The zero-order valence-electron chi connectivity index (χ0n) is 10.7. The van der Waals surface area contributed by atoms with Gasteiger partial charge in [0.25, 0.3) is 0 Å². The summed E-state index contributed by atoms with van der Waals surface area (Å²) in [6.45, 7) is 2.18. The van der Waals surface area contributed by atoms with E-state index in [4.69, 9.17) is 29.6 Å². The molecule has 0 heterocycles. The Morgan fingerprint density at radius 2 is 2.05 bits per heavy atom. The minimum absolute atomic E-state index is 0.137. The molecule has 0 aliphatic heterocycles. The molecule has 0 aliphatic rings. The van der Waals surface area contributed by atoms with Gasteiger partial charge in [-0.2, -0.15) is 0 Å². The number of amides is 1. The maximum atomic E-state index is 11.8. The predicted molar refractivity (Wildman–Crippen MR) is 80.6 cm³/mol. The van der Waals surface area contributed by atoms with Crippen LogP contribution in [0, 0.1) is 12.3 Å². The van der Waals surface area contributed by atoms with Gasteiger partial charge < -0.3 is 10.6 Å². The van der Waals surface area contributed by atoms with Crippen LogP contribution in [0.5, 0.6) is 0 Å². The number of hydrogen-bond donors (Lipinski definition) is 2. The van der Waals surface area contributed by atoms with Gasteiger partial charge in [-0.15, -0.1) is 12.3 Å². The Bertz CT molecular complexity index is 463. The molecule has 19 heavy (non-hydrogen) atoms. The fourth-order valence-corrected chi connectivity index (χ4v) is 2.03. The number of para-hydroxylation sites is 1. The van der Waals surface area contributed by atoms with Crippen molar-refractivity contribution in [1.82, 2.24) is 5.32 Å². The van der Waals surface area contributed by atoms with E-state index in [1.54, 1.807) is 18.2 Å². The molecule has 0 aliphatic carbocycles. The molecule has 0 bridgehead atoms. The first-order valence-corrected chi connectivity index (χ1v) is 6.74. The Kier molecular flexibility index (Phi) is 6.72. The average Bonchev–Trinajstić information content (AvgIpc) is 2.39. The fraction of sp³-hybridized carbons (Fsp3) is 0.357. The van der Waals surface area contributed by atoms with Gasteiger partial charge in [-0.25, -0.2) is 0 Å². The number of nitrogens with one attached hydrogen (secondary N) is 2. The third-order valence-corrected chi connectivity index (χ3v) is 3.27. The van der Waals surface area contributed by atoms with Crippen LogP contribution in [0.1, 0.15) is 19.8 Å². The van der Waals surface area contributed by atoms with Crippen molar-refractivity contribution in [3.63, 3.8) is 0 Å². The van der Waals surface area contributed by atoms with Gasteiger partial charge >= 0.3 is 0 Å². The van der Waals surface area contributed by atoms with E-state index in [9.17, 15) is 4.79 Å². The second kappa shape index (κ2) is 8.06. The van der Waals surface area contributed by atoms with Crippen molar-refractivity contribution >= 4 is 34.8 Å². The highest BCUT2D eigenvalue weighted by atomic mass is 35.5. The first kappa shape index (κ1) is 15.8. The van der Waals surface area contributed by atoms with Crippen LogP contribution < -0.4 is 10.6 Å². The number of rotatable bonds is 6. The van der Waals surface area contributed by atoms with E-state index >= 15 is 0 Å². The molecule has 1 aromatic rings. The lowest BCUT2D eigenvalue weighted by Crippen LogP contribution is -2.35. The maximum absolute atomic E-state index is 11.8. The monoisotopic (exact) mass is 298 g/mol. The van der Waals surface area contributed by atoms with Gasteiger partial charge in [0.2, 0.25) is 5.91 Å². The van der Waals surface area contributed by atoms with Crippen molar-refractivity contribution in [2.75, 3.05) is 11.9 Å². The number of anilines is 1. The predicted octanol–water partition coefficient (Wildman–Crippen LogP) is 3.32. The van der Waals surface area contributed by atoms with Gasteiger partial charge in [0, 0.05) is 12.5 Å². The van der Waals surface area contributed by atoms with Crippen LogP contribution in [-0.2, 0) is 4.79 Å². The topological polar surface area (TPSA) is 41.1 Å².